The van der Waals surface area contributed by atoms with Gasteiger partial charge in [-0.05, 0) is 28.1 Å². The van der Waals surface area contributed by atoms with Gasteiger partial charge in [0.25, 0.3) is 0 Å². The van der Waals surface area contributed by atoms with Crippen molar-refractivity contribution in [2.45, 2.75) is 0 Å². The monoisotopic (exact) mass is 277 g/mol. The second kappa shape index (κ2) is 3.32. The van der Waals surface area contributed by atoms with E-state index in [1.54, 1.807) is 0 Å². The van der Waals surface area contributed by atoms with Crippen molar-refractivity contribution in [1.82, 2.24) is 9.97 Å². The van der Waals surface area contributed by atoms with Crippen LogP contribution in [-0.4, -0.2) is 9.97 Å². The molecular weight excluding hydrogens is 274 g/mol. The van der Waals surface area contributed by atoms with E-state index in [9.17, 15) is 0 Å². The average Bonchev–Trinajstić information content (AvgIpc) is 2.58. The summed E-state index contributed by atoms with van der Waals surface area (Å²) in [4.78, 5) is 7.97. The minimum Gasteiger partial charge on any atom is -0.369 e. The van der Waals surface area contributed by atoms with Crippen LogP contribution in [0.3, 0.4) is 0 Å². The number of nitrogen functional groups attached to an aromatic ring is 1. The van der Waals surface area contributed by atoms with Gasteiger partial charge in [-0.15, -0.1) is 11.3 Å². The van der Waals surface area contributed by atoms with Crippen LogP contribution in [0.25, 0.3) is 10.6 Å². The number of thiophene rings is 1. The van der Waals surface area contributed by atoms with Gasteiger partial charge in [-0.25, -0.2) is 4.98 Å². The van der Waals surface area contributed by atoms with E-state index in [0.717, 1.165) is 19.5 Å². The number of hydrogen-bond acceptors (Lipinski definition) is 3. The molecule has 3 N–H and O–H groups in total. The normalized spacial score (nSPS) is 10.6. The highest BCUT2D eigenvalue weighted by atomic mass is 79.9. The summed E-state index contributed by atoms with van der Waals surface area (Å²) in [5, 5.41) is 0. The summed E-state index contributed by atoms with van der Waals surface area (Å²) in [6, 6.07) is 3.74. The lowest BCUT2D eigenvalue weighted by Crippen LogP contribution is -1.84. The number of nitrogens with one attached hydrogen (secondary N) is 1. The maximum atomic E-state index is 5.80. The number of nitrogens with zero attached hydrogens (tertiary/aromatic N) is 1. The Hall–Kier alpha value is -0.520. The van der Waals surface area contributed by atoms with Crippen molar-refractivity contribution in [3.8, 4) is 10.6 Å². The molecule has 0 aliphatic heterocycles. The van der Waals surface area contributed by atoms with Gasteiger partial charge in [-0.3, -0.25) is 0 Å². The Morgan fingerprint density at radius 2 is 2.31 bits per heavy atom. The number of halogens is 2. The highest BCUT2D eigenvalue weighted by Crippen LogP contribution is 2.34. The third-order valence-corrected chi connectivity index (χ3v) is 3.30. The maximum Gasteiger partial charge on any atom is 0.198 e. The first-order valence-electron chi connectivity index (χ1n) is 3.43. The quantitative estimate of drug-likeness (QED) is 0.842. The van der Waals surface area contributed by atoms with Gasteiger partial charge in [0.1, 0.15) is 10.3 Å². The van der Waals surface area contributed by atoms with Crippen molar-refractivity contribution in [1.29, 1.82) is 0 Å². The molecule has 2 aromatic heterocycles. The van der Waals surface area contributed by atoms with E-state index in [2.05, 4.69) is 25.9 Å². The molecule has 2 heterocycles. The van der Waals surface area contributed by atoms with Crippen LogP contribution < -0.4 is 5.73 Å². The van der Waals surface area contributed by atoms with Crippen LogP contribution in [0.1, 0.15) is 0 Å². The zero-order chi connectivity index (χ0) is 9.42. The first-order valence-corrected chi connectivity index (χ1v) is 5.42. The molecule has 3 nitrogen and oxygen atoms in total. The van der Waals surface area contributed by atoms with Crippen molar-refractivity contribution in [2.24, 2.45) is 0 Å². The molecule has 2 aromatic rings. The second-order valence-electron chi connectivity index (χ2n) is 2.39. The molecule has 0 fully saturated rings. The van der Waals surface area contributed by atoms with Crippen molar-refractivity contribution >= 4 is 44.8 Å². The largest absolute Gasteiger partial charge is 0.369 e. The molecule has 0 spiro atoms. The highest BCUT2D eigenvalue weighted by Gasteiger charge is 2.10. The average molecular weight is 279 g/mol. The van der Waals surface area contributed by atoms with Gasteiger partial charge in [-0.2, -0.15) is 0 Å². The molecule has 0 aromatic carbocycles. The Balaban J connectivity index is 2.51. The Morgan fingerprint density at radius 1 is 1.54 bits per heavy atom. The SMILES string of the molecule is Nc1nc(-c2ccc(Cl)s2)c(Br)[nH]1. The molecule has 2 rings (SSSR count). The van der Waals surface area contributed by atoms with Gasteiger partial charge in [0.05, 0.1) is 9.21 Å². The summed E-state index contributed by atoms with van der Waals surface area (Å²) in [5.41, 5.74) is 6.30. The van der Waals surface area contributed by atoms with Crippen molar-refractivity contribution in [2.75, 3.05) is 5.73 Å². The van der Waals surface area contributed by atoms with Gasteiger partial charge in [0.15, 0.2) is 5.95 Å². The standard InChI is InChI=1S/C7H5BrClN3S/c8-6-5(11-7(10)12-6)3-1-2-4(9)13-3/h1-2H,(H3,10,11,12). The Bertz CT molecular complexity index is 437. The van der Waals surface area contributed by atoms with E-state index in [-0.39, 0.29) is 0 Å². The van der Waals surface area contributed by atoms with E-state index in [1.807, 2.05) is 12.1 Å². The first-order chi connectivity index (χ1) is 6.16. The lowest BCUT2D eigenvalue weighted by atomic mass is 10.4. The van der Waals surface area contributed by atoms with Crippen LogP contribution in [0.2, 0.25) is 4.34 Å². The molecular formula is C7H5BrClN3S. The van der Waals surface area contributed by atoms with Crippen LogP contribution >= 0.6 is 38.9 Å². The number of rotatable bonds is 1. The van der Waals surface area contributed by atoms with E-state index in [1.165, 1.54) is 11.3 Å². The minimum absolute atomic E-state index is 0.395. The number of aromatic amines is 1. The molecule has 68 valence electrons. The molecule has 0 unspecified atom stereocenters. The topological polar surface area (TPSA) is 54.7 Å². The van der Waals surface area contributed by atoms with Crippen LogP contribution in [-0.2, 0) is 0 Å². The minimum atomic E-state index is 0.395. The van der Waals surface area contributed by atoms with Crippen LogP contribution in [0.5, 0.6) is 0 Å². The second-order valence-corrected chi connectivity index (χ2v) is 4.90. The van der Waals surface area contributed by atoms with Gasteiger partial charge >= 0.3 is 0 Å². The van der Waals surface area contributed by atoms with Gasteiger partial charge in [0, 0.05) is 0 Å². The fourth-order valence-electron chi connectivity index (χ4n) is 0.974. The van der Waals surface area contributed by atoms with Gasteiger partial charge in [0.2, 0.25) is 0 Å². The molecule has 0 radical (unpaired) electrons. The predicted octanol–water partition coefficient (Wildman–Crippen LogP) is 3.14. The van der Waals surface area contributed by atoms with Crippen molar-refractivity contribution in [3.63, 3.8) is 0 Å². The summed E-state index contributed by atoms with van der Waals surface area (Å²) < 4.78 is 1.52. The van der Waals surface area contributed by atoms with Crippen LogP contribution in [0, 0.1) is 0 Å². The highest BCUT2D eigenvalue weighted by molar-refractivity contribution is 9.10. The Kier molecular flexibility index (Phi) is 2.31. The molecule has 0 aliphatic rings. The summed E-state index contributed by atoms with van der Waals surface area (Å²) in [5.74, 6) is 0.395. The zero-order valence-electron chi connectivity index (χ0n) is 6.34. The Morgan fingerprint density at radius 3 is 2.77 bits per heavy atom. The molecule has 13 heavy (non-hydrogen) atoms. The summed E-state index contributed by atoms with van der Waals surface area (Å²) in [6.07, 6.45) is 0. The molecule has 0 atom stereocenters. The first kappa shape index (κ1) is 9.05. The maximum absolute atomic E-state index is 5.80. The summed E-state index contributed by atoms with van der Waals surface area (Å²) in [6.45, 7) is 0. The predicted molar refractivity (Wildman–Crippen MR) is 59.0 cm³/mol. The van der Waals surface area contributed by atoms with E-state index in [0.29, 0.717) is 5.95 Å². The third kappa shape index (κ3) is 1.72. The van der Waals surface area contributed by atoms with Crippen LogP contribution in [0.15, 0.2) is 16.7 Å². The molecule has 6 heteroatoms. The van der Waals surface area contributed by atoms with Crippen molar-refractivity contribution in [3.05, 3.63) is 21.1 Å². The van der Waals surface area contributed by atoms with E-state index >= 15 is 0 Å². The number of H-pyrrole nitrogens is 1. The smallest absolute Gasteiger partial charge is 0.198 e. The lowest BCUT2D eigenvalue weighted by molar-refractivity contribution is 1.31. The molecule has 0 bridgehead atoms. The number of imidazole rings is 1. The van der Waals surface area contributed by atoms with Gasteiger partial charge < -0.3 is 10.7 Å². The van der Waals surface area contributed by atoms with Gasteiger partial charge in [-0.1, -0.05) is 11.6 Å². The Labute approximate surface area is 92.1 Å². The van der Waals surface area contributed by atoms with E-state index < -0.39 is 0 Å². The lowest BCUT2D eigenvalue weighted by Gasteiger charge is -1.88. The molecule has 0 aliphatic carbocycles. The summed E-state index contributed by atoms with van der Waals surface area (Å²) >= 11 is 10.6. The zero-order valence-corrected chi connectivity index (χ0v) is 9.50. The summed E-state index contributed by atoms with van der Waals surface area (Å²) in [7, 11) is 0. The van der Waals surface area contributed by atoms with Crippen LogP contribution in [0.4, 0.5) is 5.95 Å². The number of nitrogens with two attached hydrogens (primary N) is 1. The molecule has 0 amide bonds. The number of anilines is 1. The number of hydrogen-bond donors (Lipinski definition) is 2. The fraction of sp³-hybridized carbons (Fsp3) is 0. The third-order valence-electron chi connectivity index (χ3n) is 1.48. The number of aromatic nitrogens is 2. The fourth-order valence-corrected chi connectivity index (χ4v) is 2.65. The van der Waals surface area contributed by atoms with Crippen molar-refractivity contribution < 1.29 is 0 Å². The molecule has 0 saturated heterocycles. The molecule has 0 saturated carbocycles. The van der Waals surface area contributed by atoms with E-state index in [4.69, 9.17) is 17.3 Å².